The molecule has 118 valence electrons. The molecule has 1 atom stereocenters. The standard InChI is InChI=1S/C15H21N5OS/c1-10-8-11(2)20(19-10)14-5-4-12(9-17-14)18-15(21)13(16)6-7-22-3/h4-5,8-9,13H,6-7,16H2,1-3H3,(H,18,21). The lowest BCUT2D eigenvalue weighted by Gasteiger charge is -2.11. The van der Waals surface area contributed by atoms with Crippen molar-refractivity contribution >= 4 is 23.4 Å². The normalized spacial score (nSPS) is 12.2. The number of carbonyl (C=O) groups is 1. The second kappa shape index (κ2) is 7.42. The molecule has 0 aliphatic rings. The highest BCUT2D eigenvalue weighted by Crippen LogP contribution is 2.13. The van der Waals surface area contributed by atoms with Gasteiger partial charge in [-0.25, -0.2) is 9.67 Å². The van der Waals surface area contributed by atoms with Gasteiger partial charge in [-0.15, -0.1) is 0 Å². The Labute approximate surface area is 134 Å². The number of carbonyl (C=O) groups excluding carboxylic acids is 1. The molecule has 0 saturated heterocycles. The van der Waals surface area contributed by atoms with Crippen LogP contribution in [-0.2, 0) is 4.79 Å². The maximum Gasteiger partial charge on any atom is 0.241 e. The van der Waals surface area contributed by atoms with E-state index in [9.17, 15) is 4.79 Å². The average Bonchev–Trinajstić information content (AvgIpc) is 2.84. The number of pyridine rings is 1. The Bertz CT molecular complexity index is 638. The van der Waals surface area contributed by atoms with Gasteiger partial charge in [-0.05, 0) is 50.5 Å². The topological polar surface area (TPSA) is 85.8 Å². The molecule has 0 bridgehead atoms. The molecule has 0 aromatic carbocycles. The molecule has 22 heavy (non-hydrogen) atoms. The number of thioether (sulfide) groups is 1. The van der Waals surface area contributed by atoms with E-state index in [4.69, 9.17) is 5.73 Å². The maximum absolute atomic E-state index is 11.9. The molecule has 0 saturated carbocycles. The van der Waals surface area contributed by atoms with Gasteiger partial charge in [0, 0.05) is 5.69 Å². The average molecular weight is 319 g/mol. The number of anilines is 1. The molecule has 0 radical (unpaired) electrons. The van der Waals surface area contributed by atoms with Crippen LogP contribution in [0.3, 0.4) is 0 Å². The second-order valence-electron chi connectivity index (χ2n) is 5.12. The first-order valence-electron chi connectivity index (χ1n) is 7.06. The minimum Gasteiger partial charge on any atom is -0.323 e. The van der Waals surface area contributed by atoms with Gasteiger partial charge >= 0.3 is 0 Å². The van der Waals surface area contributed by atoms with Gasteiger partial charge in [0.05, 0.1) is 23.6 Å². The van der Waals surface area contributed by atoms with E-state index in [1.165, 1.54) is 0 Å². The number of rotatable bonds is 6. The molecule has 1 amide bonds. The van der Waals surface area contributed by atoms with Crippen LogP contribution in [0.4, 0.5) is 5.69 Å². The van der Waals surface area contributed by atoms with Crippen LogP contribution >= 0.6 is 11.8 Å². The summed E-state index contributed by atoms with van der Waals surface area (Å²) >= 11 is 1.67. The van der Waals surface area contributed by atoms with E-state index < -0.39 is 6.04 Å². The van der Waals surface area contributed by atoms with Crippen LogP contribution < -0.4 is 11.1 Å². The second-order valence-corrected chi connectivity index (χ2v) is 6.11. The first-order valence-corrected chi connectivity index (χ1v) is 8.45. The molecule has 0 spiro atoms. The monoisotopic (exact) mass is 319 g/mol. The molecule has 2 heterocycles. The number of amides is 1. The molecule has 2 rings (SSSR count). The van der Waals surface area contributed by atoms with Crippen LogP contribution in [0.1, 0.15) is 17.8 Å². The first-order chi connectivity index (χ1) is 10.5. The number of nitrogens with one attached hydrogen (secondary N) is 1. The van der Waals surface area contributed by atoms with Crippen LogP contribution in [0, 0.1) is 13.8 Å². The van der Waals surface area contributed by atoms with E-state index in [2.05, 4.69) is 15.4 Å². The van der Waals surface area contributed by atoms with Crippen molar-refractivity contribution in [1.29, 1.82) is 0 Å². The fourth-order valence-electron chi connectivity index (χ4n) is 2.06. The molecular formula is C15H21N5OS. The molecule has 6 nitrogen and oxygen atoms in total. The third-order valence-corrected chi connectivity index (χ3v) is 3.86. The Kier molecular flexibility index (Phi) is 5.57. The number of hydrogen-bond acceptors (Lipinski definition) is 5. The summed E-state index contributed by atoms with van der Waals surface area (Å²) in [5.41, 5.74) is 8.42. The van der Waals surface area contributed by atoms with Crippen LogP contribution in [-0.4, -0.2) is 38.7 Å². The molecular weight excluding hydrogens is 298 g/mol. The first kappa shape index (κ1) is 16.5. The third kappa shape index (κ3) is 4.08. The maximum atomic E-state index is 11.9. The predicted molar refractivity (Wildman–Crippen MR) is 90.4 cm³/mol. The lowest BCUT2D eigenvalue weighted by molar-refractivity contribution is -0.117. The van der Waals surface area contributed by atoms with Crippen molar-refractivity contribution in [2.24, 2.45) is 5.73 Å². The summed E-state index contributed by atoms with van der Waals surface area (Å²) in [6, 6.07) is 5.12. The van der Waals surface area contributed by atoms with E-state index >= 15 is 0 Å². The summed E-state index contributed by atoms with van der Waals surface area (Å²) in [5, 5.41) is 7.16. The minimum atomic E-state index is -0.497. The number of aromatic nitrogens is 3. The largest absolute Gasteiger partial charge is 0.323 e. The fraction of sp³-hybridized carbons (Fsp3) is 0.400. The zero-order valence-electron chi connectivity index (χ0n) is 13.0. The van der Waals surface area contributed by atoms with Gasteiger partial charge in [0.15, 0.2) is 5.82 Å². The summed E-state index contributed by atoms with van der Waals surface area (Å²) in [4.78, 5) is 16.3. The molecule has 2 aromatic heterocycles. The molecule has 7 heteroatoms. The molecule has 1 unspecified atom stereocenters. The van der Waals surface area contributed by atoms with Crippen molar-refractivity contribution in [3.63, 3.8) is 0 Å². The third-order valence-electron chi connectivity index (χ3n) is 3.21. The van der Waals surface area contributed by atoms with Crippen molar-refractivity contribution in [1.82, 2.24) is 14.8 Å². The Morgan fingerprint density at radius 1 is 1.45 bits per heavy atom. The van der Waals surface area contributed by atoms with Gasteiger partial charge < -0.3 is 11.1 Å². The Morgan fingerprint density at radius 3 is 2.77 bits per heavy atom. The van der Waals surface area contributed by atoms with E-state index in [1.54, 1.807) is 28.7 Å². The van der Waals surface area contributed by atoms with Gasteiger partial charge in [0.25, 0.3) is 0 Å². The number of aryl methyl sites for hydroxylation is 2. The predicted octanol–water partition coefficient (Wildman–Crippen LogP) is 1.90. The van der Waals surface area contributed by atoms with E-state index in [1.807, 2.05) is 32.2 Å². The number of nitrogens with zero attached hydrogens (tertiary/aromatic N) is 3. The highest BCUT2D eigenvalue weighted by Gasteiger charge is 2.13. The molecule has 3 N–H and O–H groups in total. The Hall–Kier alpha value is -1.86. The minimum absolute atomic E-state index is 0.185. The SMILES string of the molecule is CSCCC(N)C(=O)Nc1ccc(-n2nc(C)cc2C)nc1. The van der Waals surface area contributed by atoms with Crippen LogP contribution in [0.25, 0.3) is 5.82 Å². The Morgan fingerprint density at radius 2 is 2.23 bits per heavy atom. The van der Waals surface area contributed by atoms with Crippen molar-refractivity contribution in [2.75, 3.05) is 17.3 Å². The summed E-state index contributed by atoms with van der Waals surface area (Å²) in [7, 11) is 0. The lowest BCUT2D eigenvalue weighted by atomic mass is 10.2. The molecule has 0 aliphatic carbocycles. The van der Waals surface area contributed by atoms with Crippen molar-refractivity contribution < 1.29 is 4.79 Å². The van der Waals surface area contributed by atoms with E-state index in [0.29, 0.717) is 12.1 Å². The van der Waals surface area contributed by atoms with Crippen LogP contribution in [0.2, 0.25) is 0 Å². The fourth-order valence-corrected chi connectivity index (χ4v) is 2.55. The summed E-state index contributed by atoms with van der Waals surface area (Å²) < 4.78 is 1.77. The molecule has 2 aromatic rings. The van der Waals surface area contributed by atoms with Gasteiger partial charge in [-0.2, -0.15) is 16.9 Å². The lowest BCUT2D eigenvalue weighted by Crippen LogP contribution is -2.36. The van der Waals surface area contributed by atoms with Gasteiger partial charge in [-0.1, -0.05) is 0 Å². The van der Waals surface area contributed by atoms with E-state index in [-0.39, 0.29) is 5.91 Å². The number of nitrogens with two attached hydrogens (primary N) is 1. The highest BCUT2D eigenvalue weighted by atomic mass is 32.2. The Balaban J connectivity index is 2.03. The van der Waals surface area contributed by atoms with Gasteiger partial charge in [-0.3, -0.25) is 4.79 Å². The van der Waals surface area contributed by atoms with Crippen molar-refractivity contribution in [3.8, 4) is 5.82 Å². The summed E-state index contributed by atoms with van der Waals surface area (Å²) in [6.45, 7) is 3.91. The molecule has 0 aliphatic heterocycles. The molecule has 0 fully saturated rings. The zero-order chi connectivity index (χ0) is 16.1. The van der Waals surface area contributed by atoms with Gasteiger partial charge in [0.1, 0.15) is 0 Å². The van der Waals surface area contributed by atoms with Crippen molar-refractivity contribution in [2.45, 2.75) is 26.3 Å². The van der Waals surface area contributed by atoms with Crippen LogP contribution in [0.5, 0.6) is 0 Å². The number of hydrogen-bond donors (Lipinski definition) is 2. The quantitative estimate of drug-likeness (QED) is 0.849. The van der Waals surface area contributed by atoms with Crippen molar-refractivity contribution in [3.05, 3.63) is 35.8 Å². The highest BCUT2D eigenvalue weighted by molar-refractivity contribution is 7.98. The zero-order valence-corrected chi connectivity index (χ0v) is 13.9. The van der Waals surface area contributed by atoms with Crippen LogP contribution in [0.15, 0.2) is 24.4 Å². The smallest absolute Gasteiger partial charge is 0.241 e. The summed E-state index contributed by atoms with van der Waals surface area (Å²) in [6.07, 6.45) is 4.27. The van der Waals surface area contributed by atoms with Gasteiger partial charge in [0.2, 0.25) is 5.91 Å². The summed E-state index contributed by atoms with van der Waals surface area (Å²) in [5.74, 6) is 1.40. The van der Waals surface area contributed by atoms with E-state index in [0.717, 1.165) is 23.0 Å².